The molecule has 2 fully saturated rings. The third-order valence-corrected chi connectivity index (χ3v) is 5.41. The maximum Gasteiger partial charge on any atom is 0.395 e. The Labute approximate surface area is 122 Å². The van der Waals surface area contributed by atoms with Gasteiger partial charge >= 0.3 is 6.18 Å². The lowest BCUT2D eigenvalue weighted by Gasteiger charge is -2.20. The molecule has 0 saturated heterocycles. The van der Waals surface area contributed by atoms with E-state index in [2.05, 4.69) is 0 Å². The molecule has 0 N–H and O–H groups in total. The number of halogens is 3. The Morgan fingerprint density at radius 2 is 1.95 bits per heavy atom. The van der Waals surface area contributed by atoms with Crippen molar-refractivity contribution >= 4 is 5.91 Å². The summed E-state index contributed by atoms with van der Waals surface area (Å²) in [7, 11) is 0. The van der Waals surface area contributed by atoms with Gasteiger partial charge in [-0.25, -0.2) is 0 Å². The fraction of sp³-hybridized carbons (Fsp3) is 0.688. The van der Waals surface area contributed by atoms with E-state index in [1.165, 1.54) is 6.08 Å². The Morgan fingerprint density at radius 1 is 1.33 bits per heavy atom. The highest BCUT2D eigenvalue weighted by Gasteiger charge is 2.88. The number of alkyl halides is 3. The van der Waals surface area contributed by atoms with Crippen molar-refractivity contribution in [1.29, 1.82) is 0 Å². The molecule has 0 radical (unpaired) electrons. The third kappa shape index (κ3) is 1.96. The van der Waals surface area contributed by atoms with Gasteiger partial charge in [0.05, 0.1) is 11.3 Å². The van der Waals surface area contributed by atoms with E-state index < -0.39 is 12.1 Å². The second-order valence-electron chi connectivity index (χ2n) is 6.40. The number of hydrogen-bond acceptors (Lipinski definition) is 1. The first-order valence-corrected chi connectivity index (χ1v) is 7.55. The van der Waals surface area contributed by atoms with Crippen LogP contribution in [0.3, 0.4) is 0 Å². The number of rotatable bonds is 4. The lowest BCUT2D eigenvalue weighted by atomic mass is 9.91. The fourth-order valence-electron chi connectivity index (χ4n) is 3.76. The van der Waals surface area contributed by atoms with Crippen molar-refractivity contribution in [1.82, 2.24) is 4.90 Å². The minimum absolute atomic E-state index is 0.00657. The van der Waals surface area contributed by atoms with Crippen molar-refractivity contribution in [3.8, 4) is 0 Å². The quantitative estimate of drug-likeness (QED) is 0.775. The Kier molecular flexibility index (Phi) is 3.05. The highest BCUT2D eigenvalue weighted by molar-refractivity contribution is 5.93. The number of amides is 1. The van der Waals surface area contributed by atoms with Gasteiger partial charge in [0.1, 0.15) is 0 Å². The highest BCUT2D eigenvalue weighted by Crippen LogP contribution is 2.89. The first-order chi connectivity index (χ1) is 9.80. The molecular formula is C16H20F3NO. The Hall–Kier alpha value is -1.26. The summed E-state index contributed by atoms with van der Waals surface area (Å²) in [5.74, 6) is -1.19. The standard InChI is InChI=1S/C16H20F3NO/c1-3-20(4-2)13(21)15-9-14(15,10-15)11-5-7-12(8-6-11)16(17,18)19/h5-7,12H,3-4,8-10H2,1-2H3. The summed E-state index contributed by atoms with van der Waals surface area (Å²) in [5.41, 5.74) is 0.517. The van der Waals surface area contributed by atoms with Gasteiger partial charge in [-0.15, -0.1) is 0 Å². The molecule has 2 nitrogen and oxygen atoms in total. The van der Waals surface area contributed by atoms with E-state index in [-0.39, 0.29) is 23.2 Å². The summed E-state index contributed by atoms with van der Waals surface area (Å²) in [6.45, 7) is 5.30. The van der Waals surface area contributed by atoms with Crippen LogP contribution in [0.5, 0.6) is 0 Å². The van der Waals surface area contributed by atoms with Crippen LogP contribution in [0.25, 0.3) is 0 Å². The smallest absolute Gasteiger partial charge is 0.343 e. The zero-order chi connectivity index (χ0) is 15.5. The molecule has 5 heteroatoms. The highest BCUT2D eigenvalue weighted by atomic mass is 19.4. The second-order valence-corrected chi connectivity index (χ2v) is 6.40. The normalized spacial score (nSPS) is 36.8. The molecule has 1 atom stereocenters. The van der Waals surface area contributed by atoms with Crippen LogP contribution in [0.4, 0.5) is 13.2 Å². The van der Waals surface area contributed by atoms with E-state index in [4.69, 9.17) is 0 Å². The average molecular weight is 299 g/mol. The van der Waals surface area contributed by atoms with Crippen LogP contribution in [-0.2, 0) is 4.79 Å². The number of allylic oxidation sites excluding steroid dienone is 4. The minimum Gasteiger partial charge on any atom is -0.343 e. The van der Waals surface area contributed by atoms with Crippen LogP contribution in [0.15, 0.2) is 23.8 Å². The van der Waals surface area contributed by atoms with E-state index in [1.54, 1.807) is 12.2 Å². The van der Waals surface area contributed by atoms with Crippen LogP contribution in [0.2, 0.25) is 0 Å². The molecule has 116 valence electrons. The van der Waals surface area contributed by atoms with E-state index in [0.717, 1.165) is 18.4 Å². The van der Waals surface area contributed by atoms with Crippen LogP contribution < -0.4 is 0 Å². The van der Waals surface area contributed by atoms with Gasteiger partial charge in [-0.05, 0) is 38.7 Å². The molecule has 0 aromatic carbocycles. The zero-order valence-corrected chi connectivity index (χ0v) is 12.3. The molecular weight excluding hydrogens is 279 g/mol. The Morgan fingerprint density at radius 3 is 2.38 bits per heavy atom. The summed E-state index contributed by atoms with van der Waals surface area (Å²) in [4.78, 5) is 14.3. The van der Waals surface area contributed by atoms with Gasteiger partial charge < -0.3 is 4.90 Å². The van der Waals surface area contributed by atoms with Crippen molar-refractivity contribution in [2.75, 3.05) is 13.1 Å². The van der Waals surface area contributed by atoms with Gasteiger partial charge in [0.15, 0.2) is 0 Å². The third-order valence-electron chi connectivity index (χ3n) is 5.41. The molecule has 3 rings (SSSR count). The van der Waals surface area contributed by atoms with Crippen LogP contribution in [0, 0.1) is 16.7 Å². The molecule has 0 bridgehead atoms. The minimum atomic E-state index is -4.17. The van der Waals surface area contributed by atoms with Crippen LogP contribution in [-0.4, -0.2) is 30.1 Å². The molecule has 21 heavy (non-hydrogen) atoms. The van der Waals surface area contributed by atoms with Crippen LogP contribution in [0.1, 0.15) is 33.1 Å². The Balaban J connectivity index is 1.69. The molecule has 0 aliphatic heterocycles. The number of nitrogens with zero attached hydrogens (tertiary/aromatic N) is 1. The van der Waals surface area contributed by atoms with Crippen molar-refractivity contribution in [3.05, 3.63) is 23.8 Å². The van der Waals surface area contributed by atoms with Crippen molar-refractivity contribution in [2.45, 2.75) is 39.3 Å². The first-order valence-electron chi connectivity index (χ1n) is 7.55. The predicted octanol–water partition coefficient (Wildman–Crippen LogP) is 3.70. The van der Waals surface area contributed by atoms with Gasteiger partial charge in [-0.3, -0.25) is 4.79 Å². The number of hydrogen-bond donors (Lipinski definition) is 0. The van der Waals surface area contributed by atoms with E-state index in [1.807, 2.05) is 18.7 Å². The lowest BCUT2D eigenvalue weighted by Crippen LogP contribution is -2.34. The average Bonchev–Trinajstić information content (AvgIpc) is 3.26. The molecule has 3 aliphatic carbocycles. The SMILES string of the molecule is CCN(CC)C(=O)C12CC1(C1=CCC(C(F)(F)F)C=C1)C2. The van der Waals surface area contributed by atoms with Gasteiger partial charge in [0, 0.05) is 18.5 Å². The maximum atomic E-state index is 12.7. The van der Waals surface area contributed by atoms with Crippen molar-refractivity contribution < 1.29 is 18.0 Å². The van der Waals surface area contributed by atoms with E-state index in [0.29, 0.717) is 13.1 Å². The molecule has 2 saturated carbocycles. The van der Waals surface area contributed by atoms with Crippen molar-refractivity contribution in [3.63, 3.8) is 0 Å². The zero-order valence-electron chi connectivity index (χ0n) is 12.3. The summed E-state index contributed by atoms with van der Waals surface area (Å²) >= 11 is 0. The fourth-order valence-corrected chi connectivity index (χ4v) is 3.76. The van der Waals surface area contributed by atoms with E-state index >= 15 is 0 Å². The molecule has 3 aliphatic rings. The number of carbonyl (C=O) groups is 1. The van der Waals surface area contributed by atoms with Crippen LogP contribution >= 0.6 is 0 Å². The predicted molar refractivity (Wildman–Crippen MR) is 73.4 cm³/mol. The number of carbonyl (C=O) groups excluding carboxylic acids is 1. The molecule has 0 heterocycles. The monoisotopic (exact) mass is 299 g/mol. The largest absolute Gasteiger partial charge is 0.395 e. The van der Waals surface area contributed by atoms with Gasteiger partial charge in [0.2, 0.25) is 5.91 Å². The molecule has 0 aromatic heterocycles. The summed E-state index contributed by atoms with van der Waals surface area (Å²) < 4.78 is 38.0. The number of fused-ring (bicyclic) bond motifs is 1. The van der Waals surface area contributed by atoms with Gasteiger partial charge in [0.25, 0.3) is 0 Å². The second kappa shape index (κ2) is 4.37. The summed E-state index contributed by atoms with van der Waals surface area (Å²) in [5, 5.41) is 0. The molecule has 1 unspecified atom stereocenters. The van der Waals surface area contributed by atoms with Crippen molar-refractivity contribution in [2.24, 2.45) is 16.7 Å². The molecule has 0 spiro atoms. The van der Waals surface area contributed by atoms with E-state index in [9.17, 15) is 18.0 Å². The molecule has 1 amide bonds. The topological polar surface area (TPSA) is 20.3 Å². The summed E-state index contributed by atoms with van der Waals surface area (Å²) in [6.07, 6.45) is 2.01. The first kappa shape index (κ1) is 14.7. The lowest BCUT2D eigenvalue weighted by molar-refractivity contribution is -0.160. The Bertz CT molecular complexity index is 522. The molecule has 0 aromatic rings. The maximum absolute atomic E-state index is 12.7. The van der Waals surface area contributed by atoms with Gasteiger partial charge in [-0.1, -0.05) is 18.2 Å². The summed E-state index contributed by atoms with van der Waals surface area (Å²) in [6, 6.07) is 0. The van der Waals surface area contributed by atoms with Gasteiger partial charge in [-0.2, -0.15) is 13.2 Å².